The third-order valence-electron chi connectivity index (χ3n) is 4.99. The monoisotopic (exact) mass is 372 g/mol. The molecule has 1 heterocycles. The van der Waals surface area contributed by atoms with Gasteiger partial charge in [0.05, 0.1) is 12.6 Å². The first kappa shape index (κ1) is 18.9. The fourth-order valence-electron chi connectivity index (χ4n) is 3.72. The first-order valence-electron chi connectivity index (χ1n) is 9.73. The molecule has 26 heavy (non-hydrogen) atoms. The SMILES string of the molecule is CCCCOc1ccccc1C1NC(=S)N(CCC)C2=C1C(=O)CCC2. The number of nitrogens with zero attached hydrogens (tertiary/aromatic N) is 1. The summed E-state index contributed by atoms with van der Waals surface area (Å²) in [5.74, 6) is 1.08. The van der Waals surface area contributed by atoms with E-state index < -0.39 is 0 Å². The zero-order valence-electron chi connectivity index (χ0n) is 15.7. The zero-order chi connectivity index (χ0) is 18.5. The molecule has 0 saturated carbocycles. The van der Waals surface area contributed by atoms with Crippen molar-refractivity contribution < 1.29 is 9.53 Å². The van der Waals surface area contributed by atoms with Gasteiger partial charge in [-0.3, -0.25) is 4.79 Å². The maximum atomic E-state index is 12.8. The van der Waals surface area contributed by atoms with E-state index in [2.05, 4.69) is 24.1 Å². The van der Waals surface area contributed by atoms with Crippen LogP contribution in [-0.2, 0) is 4.79 Å². The smallest absolute Gasteiger partial charge is 0.173 e. The number of para-hydroxylation sites is 1. The fourth-order valence-corrected chi connectivity index (χ4v) is 4.04. The summed E-state index contributed by atoms with van der Waals surface area (Å²) in [6, 6.07) is 7.80. The van der Waals surface area contributed by atoms with Gasteiger partial charge in [0.2, 0.25) is 0 Å². The van der Waals surface area contributed by atoms with Crippen molar-refractivity contribution in [2.75, 3.05) is 13.2 Å². The number of Topliss-reactive ketones (excluding diaryl/α,β-unsaturated/α-hetero) is 1. The van der Waals surface area contributed by atoms with E-state index in [1.165, 1.54) is 0 Å². The molecule has 3 rings (SSSR count). The summed E-state index contributed by atoms with van der Waals surface area (Å²) < 4.78 is 6.02. The minimum absolute atomic E-state index is 0.212. The first-order valence-corrected chi connectivity index (χ1v) is 10.1. The third kappa shape index (κ3) is 3.78. The van der Waals surface area contributed by atoms with Crippen LogP contribution in [0.2, 0.25) is 0 Å². The summed E-state index contributed by atoms with van der Waals surface area (Å²) in [5, 5.41) is 4.14. The van der Waals surface area contributed by atoms with Crippen molar-refractivity contribution in [2.24, 2.45) is 0 Å². The predicted octanol–water partition coefficient (Wildman–Crippen LogP) is 4.51. The van der Waals surface area contributed by atoms with E-state index in [-0.39, 0.29) is 11.8 Å². The standard InChI is InChI=1S/C21H28N2O2S/c1-3-5-14-25-18-12-7-6-9-15(18)20-19-16(10-8-11-17(19)24)23(13-4-2)21(26)22-20/h6-7,9,12,20H,3-5,8,10-11,13-14H2,1-2H3,(H,22,26). The molecule has 1 aliphatic heterocycles. The van der Waals surface area contributed by atoms with Crippen LogP contribution < -0.4 is 10.1 Å². The Morgan fingerprint density at radius 2 is 2.04 bits per heavy atom. The number of unbranched alkanes of at least 4 members (excludes halogenated alkanes) is 1. The van der Waals surface area contributed by atoms with Crippen LogP contribution in [0.25, 0.3) is 0 Å². The molecule has 1 aromatic carbocycles. The molecule has 1 atom stereocenters. The molecular formula is C21H28N2O2S. The maximum absolute atomic E-state index is 12.8. The highest BCUT2D eigenvalue weighted by atomic mass is 32.1. The quantitative estimate of drug-likeness (QED) is 0.563. The Morgan fingerprint density at radius 3 is 2.81 bits per heavy atom. The second-order valence-corrected chi connectivity index (χ2v) is 7.30. The summed E-state index contributed by atoms with van der Waals surface area (Å²) >= 11 is 5.65. The second kappa shape index (κ2) is 8.67. The van der Waals surface area contributed by atoms with Gasteiger partial charge in [0, 0.05) is 29.8 Å². The van der Waals surface area contributed by atoms with E-state index in [0.29, 0.717) is 18.1 Å². The van der Waals surface area contributed by atoms with Crippen LogP contribution in [0.3, 0.4) is 0 Å². The Labute approximate surface area is 161 Å². The number of benzene rings is 1. The van der Waals surface area contributed by atoms with Gasteiger partial charge in [0.1, 0.15) is 5.75 Å². The number of thiocarbonyl (C=S) groups is 1. The third-order valence-corrected chi connectivity index (χ3v) is 5.33. The lowest BCUT2D eigenvalue weighted by atomic mass is 9.84. The Balaban J connectivity index is 2.01. The molecule has 2 aliphatic rings. The number of carbonyl (C=O) groups is 1. The lowest BCUT2D eigenvalue weighted by Crippen LogP contribution is -2.49. The van der Waals surface area contributed by atoms with E-state index in [1.54, 1.807) is 0 Å². The van der Waals surface area contributed by atoms with Gasteiger partial charge in [-0.05, 0) is 44.0 Å². The fraction of sp³-hybridized carbons (Fsp3) is 0.524. The van der Waals surface area contributed by atoms with Gasteiger partial charge in [-0.25, -0.2) is 0 Å². The first-order chi connectivity index (χ1) is 12.7. The van der Waals surface area contributed by atoms with Gasteiger partial charge in [-0.1, -0.05) is 38.5 Å². The lowest BCUT2D eigenvalue weighted by Gasteiger charge is -2.41. The molecule has 0 aromatic heterocycles. The average Bonchev–Trinajstić information content (AvgIpc) is 2.65. The normalized spacial score (nSPS) is 20.1. The maximum Gasteiger partial charge on any atom is 0.173 e. The van der Waals surface area contributed by atoms with Crippen molar-refractivity contribution in [3.05, 3.63) is 41.1 Å². The van der Waals surface area contributed by atoms with Gasteiger partial charge >= 0.3 is 0 Å². The molecule has 4 nitrogen and oxygen atoms in total. The molecule has 1 unspecified atom stereocenters. The zero-order valence-corrected chi connectivity index (χ0v) is 16.5. The number of hydrogen-bond acceptors (Lipinski definition) is 3. The molecule has 0 bridgehead atoms. The lowest BCUT2D eigenvalue weighted by molar-refractivity contribution is -0.116. The highest BCUT2D eigenvalue weighted by Crippen LogP contribution is 2.40. The topological polar surface area (TPSA) is 41.6 Å². The summed E-state index contributed by atoms with van der Waals surface area (Å²) in [7, 11) is 0. The molecule has 0 spiro atoms. The average molecular weight is 373 g/mol. The number of rotatable bonds is 7. The van der Waals surface area contributed by atoms with E-state index in [0.717, 1.165) is 61.2 Å². The summed E-state index contributed by atoms with van der Waals surface area (Å²) in [4.78, 5) is 15.0. The number of nitrogens with one attached hydrogen (secondary N) is 1. The predicted molar refractivity (Wildman–Crippen MR) is 108 cm³/mol. The molecule has 5 heteroatoms. The van der Waals surface area contributed by atoms with Gasteiger partial charge < -0.3 is 15.0 Å². The van der Waals surface area contributed by atoms with Crippen molar-refractivity contribution in [1.29, 1.82) is 0 Å². The van der Waals surface area contributed by atoms with E-state index in [9.17, 15) is 4.79 Å². The van der Waals surface area contributed by atoms with Gasteiger partial charge in [0.15, 0.2) is 10.9 Å². The van der Waals surface area contributed by atoms with Crippen molar-refractivity contribution in [1.82, 2.24) is 10.2 Å². The van der Waals surface area contributed by atoms with Crippen LogP contribution in [0.1, 0.15) is 64.0 Å². The number of ether oxygens (including phenoxy) is 1. The minimum Gasteiger partial charge on any atom is -0.493 e. The van der Waals surface area contributed by atoms with E-state index >= 15 is 0 Å². The number of carbonyl (C=O) groups excluding carboxylic acids is 1. The van der Waals surface area contributed by atoms with E-state index in [1.807, 2.05) is 24.3 Å². The van der Waals surface area contributed by atoms with Crippen LogP contribution >= 0.6 is 12.2 Å². The molecule has 1 aliphatic carbocycles. The molecule has 1 N–H and O–H groups in total. The van der Waals surface area contributed by atoms with Crippen LogP contribution in [-0.4, -0.2) is 28.9 Å². The highest BCUT2D eigenvalue weighted by molar-refractivity contribution is 7.80. The van der Waals surface area contributed by atoms with Crippen molar-refractivity contribution in [3.8, 4) is 5.75 Å². The van der Waals surface area contributed by atoms with Gasteiger partial charge in [-0.2, -0.15) is 0 Å². The molecular weight excluding hydrogens is 344 g/mol. The van der Waals surface area contributed by atoms with Crippen molar-refractivity contribution in [2.45, 2.75) is 58.4 Å². The largest absolute Gasteiger partial charge is 0.493 e. The Kier molecular flexibility index (Phi) is 6.30. The minimum atomic E-state index is -0.212. The molecule has 140 valence electrons. The molecule has 0 radical (unpaired) electrons. The van der Waals surface area contributed by atoms with Crippen LogP contribution in [0.4, 0.5) is 0 Å². The number of allylic oxidation sites excluding steroid dienone is 1. The molecule has 1 aromatic rings. The highest BCUT2D eigenvalue weighted by Gasteiger charge is 2.37. The van der Waals surface area contributed by atoms with Crippen LogP contribution in [0.15, 0.2) is 35.5 Å². The second-order valence-electron chi connectivity index (χ2n) is 6.91. The van der Waals surface area contributed by atoms with Crippen molar-refractivity contribution in [3.63, 3.8) is 0 Å². The Hall–Kier alpha value is -1.88. The number of hydrogen-bond donors (Lipinski definition) is 1. The summed E-state index contributed by atoms with van der Waals surface area (Å²) in [5.41, 5.74) is 3.00. The van der Waals surface area contributed by atoms with E-state index in [4.69, 9.17) is 17.0 Å². The summed E-state index contributed by atoms with van der Waals surface area (Å²) in [6.07, 6.45) is 5.53. The number of ketones is 1. The van der Waals surface area contributed by atoms with Gasteiger partial charge in [0.25, 0.3) is 0 Å². The van der Waals surface area contributed by atoms with Crippen molar-refractivity contribution >= 4 is 23.1 Å². The van der Waals surface area contributed by atoms with Crippen LogP contribution in [0, 0.1) is 0 Å². The summed E-state index contributed by atoms with van der Waals surface area (Å²) in [6.45, 7) is 5.82. The van der Waals surface area contributed by atoms with Gasteiger partial charge in [-0.15, -0.1) is 0 Å². The molecule has 0 saturated heterocycles. The Bertz CT molecular complexity index is 714. The Morgan fingerprint density at radius 1 is 1.23 bits per heavy atom. The molecule has 0 fully saturated rings. The molecule has 0 amide bonds. The van der Waals surface area contributed by atoms with Crippen LogP contribution in [0.5, 0.6) is 5.75 Å².